The average molecular weight is 303 g/mol. The van der Waals surface area contributed by atoms with Crippen molar-refractivity contribution in [2.45, 2.75) is 25.9 Å². The van der Waals surface area contributed by atoms with Gasteiger partial charge in [0.25, 0.3) is 5.91 Å². The molecule has 3 rings (SSSR count). The van der Waals surface area contributed by atoms with E-state index >= 15 is 0 Å². The van der Waals surface area contributed by atoms with Crippen molar-refractivity contribution in [3.63, 3.8) is 0 Å². The Morgan fingerprint density at radius 1 is 1.41 bits per heavy atom. The van der Waals surface area contributed by atoms with Crippen molar-refractivity contribution >= 4 is 5.91 Å². The number of nitrogens with zero attached hydrogens (tertiary/aromatic N) is 3. The number of hydrogen-bond donors (Lipinski definition) is 0. The SMILES string of the molecule is Cc1cccc(C(=O)N2CCOC(CN(C)CC3CC3)C2)n1. The van der Waals surface area contributed by atoms with Crippen LogP contribution in [0.15, 0.2) is 18.2 Å². The molecular weight excluding hydrogens is 278 g/mol. The van der Waals surface area contributed by atoms with Crippen LogP contribution in [0.4, 0.5) is 0 Å². The fourth-order valence-corrected chi connectivity index (χ4v) is 3.00. The highest BCUT2D eigenvalue weighted by molar-refractivity contribution is 5.92. The first kappa shape index (κ1) is 15.4. The second-order valence-corrected chi connectivity index (χ2v) is 6.57. The van der Waals surface area contributed by atoms with Gasteiger partial charge < -0.3 is 14.5 Å². The molecule has 1 aromatic heterocycles. The van der Waals surface area contributed by atoms with Crippen molar-refractivity contribution in [2.75, 3.05) is 39.8 Å². The summed E-state index contributed by atoms with van der Waals surface area (Å²) >= 11 is 0. The maximum atomic E-state index is 12.6. The lowest BCUT2D eigenvalue weighted by Crippen LogP contribution is -2.49. The second-order valence-electron chi connectivity index (χ2n) is 6.57. The van der Waals surface area contributed by atoms with Crippen molar-refractivity contribution in [3.05, 3.63) is 29.6 Å². The molecule has 1 saturated heterocycles. The maximum Gasteiger partial charge on any atom is 0.272 e. The van der Waals surface area contributed by atoms with Gasteiger partial charge in [-0.05, 0) is 44.9 Å². The molecule has 1 amide bonds. The molecular formula is C17H25N3O2. The minimum atomic E-state index is 0.0156. The second kappa shape index (κ2) is 6.75. The molecule has 2 heterocycles. The van der Waals surface area contributed by atoms with E-state index in [-0.39, 0.29) is 12.0 Å². The number of rotatable bonds is 5. The van der Waals surface area contributed by atoms with Crippen LogP contribution in [0.3, 0.4) is 0 Å². The molecule has 0 aromatic carbocycles. The normalized spacial score (nSPS) is 22.1. The first-order valence-electron chi connectivity index (χ1n) is 8.15. The van der Waals surface area contributed by atoms with Crippen LogP contribution < -0.4 is 0 Å². The van der Waals surface area contributed by atoms with E-state index in [0.717, 1.165) is 24.7 Å². The van der Waals surface area contributed by atoms with E-state index in [1.54, 1.807) is 6.07 Å². The van der Waals surface area contributed by atoms with Gasteiger partial charge in [0.2, 0.25) is 0 Å². The zero-order valence-electron chi connectivity index (χ0n) is 13.5. The highest BCUT2D eigenvalue weighted by Gasteiger charge is 2.28. The maximum absolute atomic E-state index is 12.6. The Morgan fingerprint density at radius 2 is 2.23 bits per heavy atom. The minimum Gasteiger partial charge on any atom is -0.373 e. The molecule has 0 radical (unpaired) electrons. The van der Waals surface area contributed by atoms with Crippen LogP contribution in [0.1, 0.15) is 29.0 Å². The number of amides is 1. The third kappa shape index (κ3) is 4.05. The van der Waals surface area contributed by atoms with Crippen molar-refractivity contribution in [1.29, 1.82) is 0 Å². The van der Waals surface area contributed by atoms with Gasteiger partial charge >= 0.3 is 0 Å². The number of likely N-dealkylation sites (N-methyl/N-ethyl adjacent to an activating group) is 1. The van der Waals surface area contributed by atoms with Crippen molar-refractivity contribution < 1.29 is 9.53 Å². The minimum absolute atomic E-state index is 0.0156. The average Bonchev–Trinajstić information content (AvgIpc) is 3.30. The van der Waals surface area contributed by atoms with E-state index in [1.165, 1.54) is 12.8 Å². The van der Waals surface area contributed by atoms with Gasteiger partial charge in [-0.15, -0.1) is 0 Å². The molecule has 0 spiro atoms. The van der Waals surface area contributed by atoms with Gasteiger partial charge in [0, 0.05) is 31.9 Å². The van der Waals surface area contributed by atoms with Crippen LogP contribution in [-0.2, 0) is 4.74 Å². The molecule has 2 fully saturated rings. The molecule has 0 N–H and O–H groups in total. The van der Waals surface area contributed by atoms with Gasteiger partial charge in [-0.3, -0.25) is 4.79 Å². The summed E-state index contributed by atoms with van der Waals surface area (Å²) in [6, 6.07) is 5.58. The Balaban J connectivity index is 1.56. The Hall–Kier alpha value is -1.46. The smallest absolute Gasteiger partial charge is 0.272 e. The zero-order chi connectivity index (χ0) is 15.5. The zero-order valence-corrected chi connectivity index (χ0v) is 13.5. The molecule has 1 unspecified atom stereocenters. The fourth-order valence-electron chi connectivity index (χ4n) is 3.00. The van der Waals surface area contributed by atoms with Crippen LogP contribution in [0.2, 0.25) is 0 Å². The molecule has 5 nitrogen and oxygen atoms in total. The Morgan fingerprint density at radius 3 is 2.95 bits per heavy atom. The Bertz CT molecular complexity index is 530. The Labute approximate surface area is 132 Å². The van der Waals surface area contributed by atoms with Crippen LogP contribution >= 0.6 is 0 Å². The lowest BCUT2D eigenvalue weighted by Gasteiger charge is -2.34. The summed E-state index contributed by atoms with van der Waals surface area (Å²) in [6.07, 6.45) is 2.82. The third-order valence-corrected chi connectivity index (χ3v) is 4.32. The summed E-state index contributed by atoms with van der Waals surface area (Å²) in [5.74, 6) is 0.893. The number of aromatic nitrogens is 1. The van der Waals surface area contributed by atoms with Crippen LogP contribution in [-0.4, -0.2) is 66.6 Å². The van der Waals surface area contributed by atoms with Crippen LogP contribution in [0.5, 0.6) is 0 Å². The van der Waals surface area contributed by atoms with Gasteiger partial charge in [-0.25, -0.2) is 4.98 Å². The van der Waals surface area contributed by atoms with Crippen molar-refractivity contribution in [2.24, 2.45) is 5.92 Å². The molecule has 22 heavy (non-hydrogen) atoms. The summed E-state index contributed by atoms with van der Waals surface area (Å²) < 4.78 is 5.83. The summed E-state index contributed by atoms with van der Waals surface area (Å²) in [6.45, 7) is 5.86. The number of hydrogen-bond acceptors (Lipinski definition) is 4. The topological polar surface area (TPSA) is 45.7 Å². The van der Waals surface area contributed by atoms with E-state index in [4.69, 9.17) is 4.74 Å². The lowest BCUT2D eigenvalue weighted by atomic mass is 10.2. The summed E-state index contributed by atoms with van der Waals surface area (Å²) in [4.78, 5) is 21.1. The molecule has 1 aliphatic carbocycles. The quantitative estimate of drug-likeness (QED) is 0.828. The number of pyridine rings is 1. The molecule has 5 heteroatoms. The van der Waals surface area contributed by atoms with E-state index in [0.29, 0.717) is 25.4 Å². The number of carbonyl (C=O) groups is 1. The van der Waals surface area contributed by atoms with Crippen molar-refractivity contribution in [1.82, 2.24) is 14.8 Å². The molecule has 1 aromatic rings. The monoisotopic (exact) mass is 303 g/mol. The first-order valence-corrected chi connectivity index (χ1v) is 8.15. The summed E-state index contributed by atoms with van der Waals surface area (Å²) in [5.41, 5.74) is 1.41. The van der Waals surface area contributed by atoms with Crippen LogP contribution in [0, 0.1) is 12.8 Å². The third-order valence-electron chi connectivity index (χ3n) is 4.32. The van der Waals surface area contributed by atoms with Gasteiger partial charge in [-0.2, -0.15) is 0 Å². The molecule has 1 atom stereocenters. The molecule has 2 aliphatic rings. The Kier molecular flexibility index (Phi) is 4.74. The number of aryl methyl sites for hydroxylation is 1. The first-order chi connectivity index (χ1) is 10.6. The van der Waals surface area contributed by atoms with Gasteiger partial charge in [-0.1, -0.05) is 6.07 Å². The van der Waals surface area contributed by atoms with E-state index < -0.39 is 0 Å². The molecule has 1 saturated carbocycles. The largest absolute Gasteiger partial charge is 0.373 e. The standard InChI is InChI=1S/C17H25N3O2/c1-13-4-3-5-16(18-13)17(21)20-8-9-22-15(12-20)11-19(2)10-14-6-7-14/h3-5,14-15H,6-12H2,1-2H3. The number of morpholine rings is 1. The van der Waals surface area contributed by atoms with E-state index in [9.17, 15) is 4.79 Å². The number of ether oxygens (including phenoxy) is 1. The number of carbonyl (C=O) groups excluding carboxylic acids is 1. The summed E-state index contributed by atoms with van der Waals surface area (Å²) in [5, 5.41) is 0. The highest BCUT2D eigenvalue weighted by atomic mass is 16.5. The van der Waals surface area contributed by atoms with E-state index in [2.05, 4.69) is 16.9 Å². The van der Waals surface area contributed by atoms with E-state index in [1.807, 2.05) is 24.0 Å². The predicted molar refractivity (Wildman–Crippen MR) is 84.8 cm³/mol. The summed E-state index contributed by atoms with van der Waals surface area (Å²) in [7, 11) is 2.14. The highest BCUT2D eigenvalue weighted by Crippen LogP contribution is 2.29. The molecule has 0 bridgehead atoms. The molecule has 1 aliphatic heterocycles. The van der Waals surface area contributed by atoms with Crippen molar-refractivity contribution in [3.8, 4) is 0 Å². The van der Waals surface area contributed by atoms with Crippen LogP contribution in [0.25, 0.3) is 0 Å². The van der Waals surface area contributed by atoms with Gasteiger partial charge in [0.05, 0.1) is 12.7 Å². The van der Waals surface area contributed by atoms with Gasteiger partial charge in [0.1, 0.15) is 5.69 Å². The van der Waals surface area contributed by atoms with Gasteiger partial charge in [0.15, 0.2) is 0 Å². The lowest BCUT2D eigenvalue weighted by molar-refractivity contribution is -0.0335. The fraction of sp³-hybridized carbons (Fsp3) is 0.647. The predicted octanol–water partition coefficient (Wildman–Crippen LogP) is 1.57. The molecule has 120 valence electrons.